The monoisotopic (exact) mass is 373 g/mol. The lowest BCUT2D eigenvalue weighted by atomic mass is 10.1. The lowest BCUT2D eigenvalue weighted by Gasteiger charge is -2.35. The van der Waals surface area contributed by atoms with E-state index in [2.05, 4.69) is 20.4 Å². The van der Waals surface area contributed by atoms with Crippen LogP contribution in [0.1, 0.15) is 5.56 Å². The Morgan fingerprint density at radius 2 is 1.57 bits per heavy atom. The number of nitrogens with zero attached hydrogens (tertiary/aromatic N) is 4. The molecular weight excluding hydrogens is 350 g/mol. The van der Waals surface area contributed by atoms with Gasteiger partial charge in [0.1, 0.15) is 0 Å². The highest BCUT2D eigenvalue weighted by Gasteiger charge is 2.22. The molecule has 1 saturated heterocycles. The number of hydrogen-bond donors (Lipinski definition) is 1. The van der Waals surface area contributed by atoms with Gasteiger partial charge in [-0.05, 0) is 31.2 Å². The smallest absolute Gasteiger partial charge is 0.321 e. The summed E-state index contributed by atoms with van der Waals surface area (Å²) in [6, 6.07) is 21.8. The van der Waals surface area contributed by atoms with Gasteiger partial charge in [-0.2, -0.15) is 0 Å². The number of piperazine rings is 1. The summed E-state index contributed by atoms with van der Waals surface area (Å²) in [7, 11) is 0. The van der Waals surface area contributed by atoms with Gasteiger partial charge in [0, 0.05) is 37.4 Å². The molecule has 0 atom stereocenters. The van der Waals surface area contributed by atoms with Crippen LogP contribution in [0.15, 0.2) is 66.7 Å². The van der Waals surface area contributed by atoms with Crippen LogP contribution in [0.2, 0.25) is 0 Å². The third-order valence-electron chi connectivity index (χ3n) is 4.91. The van der Waals surface area contributed by atoms with Crippen molar-refractivity contribution in [2.45, 2.75) is 6.92 Å². The quantitative estimate of drug-likeness (QED) is 0.758. The fourth-order valence-electron chi connectivity index (χ4n) is 3.23. The summed E-state index contributed by atoms with van der Waals surface area (Å²) in [4.78, 5) is 16.5. The molecule has 0 radical (unpaired) electrons. The van der Waals surface area contributed by atoms with Gasteiger partial charge >= 0.3 is 6.03 Å². The zero-order chi connectivity index (χ0) is 19.3. The van der Waals surface area contributed by atoms with E-state index in [0.29, 0.717) is 13.1 Å². The van der Waals surface area contributed by atoms with Gasteiger partial charge in [-0.1, -0.05) is 48.0 Å². The molecule has 2 heterocycles. The number of aryl methyl sites for hydroxylation is 1. The Morgan fingerprint density at radius 1 is 0.857 bits per heavy atom. The minimum Gasteiger partial charge on any atom is -0.352 e. The molecule has 3 aromatic rings. The van der Waals surface area contributed by atoms with Crippen molar-refractivity contribution in [2.75, 3.05) is 36.4 Å². The van der Waals surface area contributed by atoms with E-state index in [-0.39, 0.29) is 6.03 Å². The van der Waals surface area contributed by atoms with Crippen molar-refractivity contribution in [1.29, 1.82) is 0 Å². The minimum atomic E-state index is -0.0611. The van der Waals surface area contributed by atoms with Crippen LogP contribution < -0.4 is 10.2 Å². The number of aromatic nitrogens is 2. The molecule has 2 amide bonds. The largest absolute Gasteiger partial charge is 0.352 e. The summed E-state index contributed by atoms with van der Waals surface area (Å²) < 4.78 is 0. The molecule has 28 heavy (non-hydrogen) atoms. The highest BCUT2D eigenvalue weighted by atomic mass is 16.2. The first kappa shape index (κ1) is 18.0. The first-order valence-corrected chi connectivity index (χ1v) is 9.46. The van der Waals surface area contributed by atoms with Crippen molar-refractivity contribution in [3.63, 3.8) is 0 Å². The van der Waals surface area contributed by atoms with Gasteiger partial charge in [0.15, 0.2) is 5.82 Å². The van der Waals surface area contributed by atoms with E-state index in [4.69, 9.17) is 0 Å². The number of carbonyl (C=O) groups excluding carboxylic acids is 1. The van der Waals surface area contributed by atoms with Crippen molar-refractivity contribution < 1.29 is 4.79 Å². The van der Waals surface area contributed by atoms with Crippen LogP contribution in [-0.4, -0.2) is 47.3 Å². The van der Waals surface area contributed by atoms with Crippen molar-refractivity contribution in [1.82, 2.24) is 15.1 Å². The molecule has 2 aromatic carbocycles. The van der Waals surface area contributed by atoms with Crippen molar-refractivity contribution in [3.05, 3.63) is 72.3 Å². The van der Waals surface area contributed by atoms with E-state index in [1.807, 2.05) is 78.6 Å². The average Bonchev–Trinajstić information content (AvgIpc) is 2.76. The first-order chi connectivity index (χ1) is 13.7. The Kier molecular flexibility index (Phi) is 5.19. The maximum atomic E-state index is 12.5. The van der Waals surface area contributed by atoms with Crippen LogP contribution in [0.5, 0.6) is 0 Å². The molecule has 0 aliphatic carbocycles. The summed E-state index contributed by atoms with van der Waals surface area (Å²) in [6.45, 7) is 4.81. The number of benzene rings is 2. The van der Waals surface area contributed by atoms with E-state index in [0.717, 1.165) is 35.9 Å². The summed E-state index contributed by atoms with van der Waals surface area (Å²) in [5.74, 6) is 0.846. The van der Waals surface area contributed by atoms with Gasteiger partial charge in [-0.3, -0.25) is 0 Å². The molecule has 1 aliphatic rings. The van der Waals surface area contributed by atoms with E-state index in [1.54, 1.807) is 0 Å². The van der Waals surface area contributed by atoms with E-state index < -0.39 is 0 Å². The van der Waals surface area contributed by atoms with Gasteiger partial charge in [0.25, 0.3) is 0 Å². The Hall–Kier alpha value is -3.41. The van der Waals surface area contributed by atoms with Gasteiger partial charge in [-0.15, -0.1) is 10.2 Å². The summed E-state index contributed by atoms with van der Waals surface area (Å²) in [5, 5.41) is 11.7. The fourth-order valence-corrected chi connectivity index (χ4v) is 3.23. The topological polar surface area (TPSA) is 61.4 Å². The van der Waals surface area contributed by atoms with E-state index in [9.17, 15) is 4.79 Å². The number of amides is 2. The van der Waals surface area contributed by atoms with Crippen LogP contribution in [0, 0.1) is 6.92 Å². The Morgan fingerprint density at radius 3 is 2.21 bits per heavy atom. The predicted molar refractivity (Wildman–Crippen MR) is 111 cm³/mol. The van der Waals surface area contributed by atoms with Crippen molar-refractivity contribution >= 4 is 17.5 Å². The third-order valence-corrected chi connectivity index (χ3v) is 4.91. The van der Waals surface area contributed by atoms with Gasteiger partial charge in [0.2, 0.25) is 0 Å². The minimum absolute atomic E-state index is 0.0611. The molecule has 0 spiro atoms. The van der Waals surface area contributed by atoms with Crippen LogP contribution >= 0.6 is 0 Å². The maximum absolute atomic E-state index is 12.5. The molecule has 1 aliphatic heterocycles. The van der Waals surface area contributed by atoms with Crippen LogP contribution in [0.3, 0.4) is 0 Å². The number of hydrogen-bond acceptors (Lipinski definition) is 4. The molecule has 4 rings (SSSR count). The maximum Gasteiger partial charge on any atom is 0.321 e. The van der Waals surface area contributed by atoms with Crippen molar-refractivity contribution in [3.8, 4) is 11.3 Å². The number of urea groups is 1. The molecule has 6 heteroatoms. The normalized spacial score (nSPS) is 14.0. The van der Waals surface area contributed by atoms with Crippen LogP contribution in [0.25, 0.3) is 11.3 Å². The van der Waals surface area contributed by atoms with Crippen LogP contribution in [0.4, 0.5) is 16.3 Å². The number of carbonyl (C=O) groups is 1. The average molecular weight is 373 g/mol. The predicted octanol–water partition coefficient (Wildman–Crippen LogP) is 3.81. The second-order valence-electron chi connectivity index (χ2n) is 6.91. The Labute approximate surface area is 164 Å². The van der Waals surface area contributed by atoms with Gasteiger partial charge in [0.05, 0.1) is 5.69 Å². The zero-order valence-electron chi connectivity index (χ0n) is 15.9. The second-order valence-corrected chi connectivity index (χ2v) is 6.91. The molecule has 0 bridgehead atoms. The standard InChI is InChI=1S/C22H23N5O/c1-17-7-9-19(10-8-17)23-22(28)27-15-13-26(14-16-27)21-12-11-20(24-25-21)18-5-3-2-4-6-18/h2-12H,13-16H2,1H3,(H,23,28). The molecule has 6 nitrogen and oxygen atoms in total. The van der Waals surface area contributed by atoms with Crippen molar-refractivity contribution in [2.24, 2.45) is 0 Å². The summed E-state index contributed by atoms with van der Waals surface area (Å²) >= 11 is 0. The fraction of sp³-hybridized carbons (Fsp3) is 0.227. The Balaban J connectivity index is 1.33. The molecule has 0 unspecified atom stereocenters. The molecule has 0 saturated carbocycles. The molecular formula is C22H23N5O. The molecule has 1 N–H and O–H groups in total. The summed E-state index contributed by atoms with van der Waals surface area (Å²) in [6.07, 6.45) is 0. The summed E-state index contributed by atoms with van der Waals surface area (Å²) in [5.41, 5.74) is 3.91. The number of rotatable bonds is 3. The third kappa shape index (κ3) is 4.11. The van der Waals surface area contributed by atoms with E-state index >= 15 is 0 Å². The molecule has 1 aromatic heterocycles. The Bertz CT molecular complexity index is 917. The first-order valence-electron chi connectivity index (χ1n) is 9.46. The van der Waals surface area contributed by atoms with Crippen LogP contribution in [-0.2, 0) is 0 Å². The second kappa shape index (κ2) is 8.08. The zero-order valence-corrected chi connectivity index (χ0v) is 15.9. The lowest BCUT2D eigenvalue weighted by Crippen LogP contribution is -2.50. The molecule has 1 fully saturated rings. The SMILES string of the molecule is Cc1ccc(NC(=O)N2CCN(c3ccc(-c4ccccc4)nn3)CC2)cc1. The van der Waals surface area contributed by atoms with E-state index in [1.165, 1.54) is 5.56 Å². The van der Waals surface area contributed by atoms with Gasteiger partial charge in [-0.25, -0.2) is 4.79 Å². The highest BCUT2D eigenvalue weighted by Crippen LogP contribution is 2.19. The van der Waals surface area contributed by atoms with Gasteiger partial charge < -0.3 is 15.1 Å². The number of nitrogens with one attached hydrogen (secondary N) is 1. The highest BCUT2D eigenvalue weighted by molar-refractivity contribution is 5.89. The molecule has 142 valence electrons. The number of anilines is 2. The lowest BCUT2D eigenvalue weighted by molar-refractivity contribution is 0.208.